The molecule has 0 bridgehead atoms. The molecule has 6 heteroatoms. The summed E-state index contributed by atoms with van der Waals surface area (Å²) in [6.45, 7) is -0.392. The Hall–Kier alpha value is -1.27. The minimum atomic E-state index is -2.47. The van der Waals surface area contributed by atoms with E-state index < -0.39 is 18.8 Å². The zero-order valence-corrected chi connectivity index (χ0v) is 11.0. The van der Waals surface area contributed by atoms with Gasteiger partial charge in [0.1, 0.15) is 6.61 Å². The zero-order valence-electron chi connectivity index (χ0n) is 11.0. The lowest BCUT2D eigenvalue weighted by atomic mass is 10.0. The van der Waals surface area contributed by atoms with Gasteiger partial charge in [-0.15, -0.1) is 0 Å². The molecule has 0 aliphatic carbocycles. The Labute approximate surface area is 110 Å². The lowest BCUT2D eigenvalue weighted by Crippen LogP contribution is -2.19. The molecule has 0 amide bonds. The average Bonchev–Trinajstić information content (AvgIpc) is 2.38. The van der Waals surface area contributed by atoms with Crippen molar-refractivity contribution < 1.29 is 22.6 Å². The van der Waals surface area contributed by atoms with Crippen LogP contribution in [0.4, 0.5) is 13.2 Å². The summed E-state index contributed by atoms with van der Waals surface area (Å²) < 4.78 is 47.0. The number of alkyl halides is 2. The summed E-state index contributed by atoms with van der Waals surface area (Å²) >= 11 is 0. The standard InChI is InChI=1S/C13H18F3NO2/c1-17-11(5-6-19-8-13(15)16)9-3-4-12(18-2)10(14)7-9/h3-4,7,11,13,17H,5-6,8H2,1-2H3. The summed E-state index contributed by atoms with van der Waals surface area (Å²) in [5.41, 5.74) is 0.724. The van der Waals surface area contributed by atoms with Crippen LogP contribution in [-0.4, -0.2) is 33.8 Å². The second-order valence-corrected chi connectivity index (χ2v) is 3.99. The molecule has 0 aliphatic heterocycles. The molecule has 1 aromatic carbocycles. The quantitative estimate of drug-likeness (QED) is 0.741. The highest BCUT2D eigenvalue weighted by Crippen LogP contribution is 2.23. The normalized spacial score (nSPS) is 12.7. The van der Waals surface area contributed by atoms with E-state index in [0.29, 0.717) is 6.42 Å². The van der Waals surface area contributed by atoms with Gasteiger partial charge in [-0.05, 0) is 31.2 Å². The predicted molar refractivity (Wildman–Crippen MR) is 66.2 cm³/mol. The van der Waals surface area contributed by atoms with Gasteiger partial charge in [0.05, 0.1) is 7.11 Å². The van der Waals surface area contributed by atoms with E-state index in [1.165, 1.54) is 19.2 Å². The van der Waals surface area contributed by atoms with Crippen molar-refractivity contribution in [2.45, 2.75) is 18.9 Å². The smallest absolute Gasteiger partial charge is 0.261 e. The molecule has 108 valence electrons. The van der Waals surface area contributed by atoms with Gasteiger partial charge in [0.15, 0.2) is 11.6 Å². The summed E-state index contributed by atoms with van der Waals surface area (Å²) in [5.74, 6) is -0.277. The molecule has 3 nitrogen and oxygen atoms in total. The van der Waals surface area contributed by atoms with Gasteiger partial charge in [-0.1, -0.05) is 6.07 Å². The lowest BCUT2D eigenvalue weighted by molar-refractivity contribution is 0.0145. The summed E-state index contributed by atoms with van der Waals surface area (Å²) in [4.78, 5) is 0. The third-order valence-corrected chi connectivity index (χ3v) is 2.72. The van der Waals surface area contributed by atoms with Gasteiger partial charge in [-0.2, -0.15) is 0 Å². The van der Waals surface area contributed by atoms with Crippen LogP contribution >= 0.6 is 0 Å². The van der Waals surface area contributed by atoms with Crippen molar-refractivity contribution >= 4 is 0 Å². The molecule has 0 spiro atoms. The molecule has 0 saturated carbocycles. The van der Waals surface area contributed by atoms with Crippen molar-refractivity contribution in [1.29, 1.82) is 0 Å². The fraction of sp³-hybridized carbons (Fsp3) is 0.538. The lowest BCUT2D eigenvalue weighted by Gasteiger charge is -2.17. The van der Waals surface area contributed by atoms with Crippen LogP contribution in [0, 0.1) is 5.82 Å². The van der Waals surface area contributed by atoms with Gasteiger partial charge < -0.3 is 14.8 Å². The van der Waals surface area contributed by atoms with Crippen molar-refractivity contribution in [2.75, 3.05) is 27.4 Å². The number of nitrogens with one attached hydrogen (secondary N) is 1. The molecule has 1 aromatic rings. The molecule has 1 N–H and O–H groups in total. The average molecular weight is 277 g/mol. The van der Waals surface area contributed by atoms with Crippen LogP contribution in [0.1, 0.15) is 18.0 Å². The zero-order chi connectivity index (χ0) is 14.3. The Balaban J connectivity index is 2.56. The van der Waals surface area contributed by atoms with Crippen LogP contribution in [0.5, 0.6) is 5.75 Å². The Morgan fingerprint density at radius 3 is 2.58 bits per heavy atom. The molecule has 19 heavy (non-hydrogen) atoms. The van der Waals surface area contributed by atoms with Crippen molar-refractivity contribution in [3.8, 4) is 5.75 Å². The van der Waals surface area contributed by atoms with E-state index in [-0.39, 0.29) is 18.4 Å². The molecule has 1 unspecified atom stereocenters. The van der Waals surface area contributed by atoms with E-state index in [1.807, 2.05) is 0 Å². The molecule has 1 atom stereocenters. The van der Waals surface area contributed by atoms with Gasteiger partial charge in [0, 0.05) is 12.6 Å². The van der Waals surface area contributed by atoms with Crippen LogP contribution in [0.15, 0.2) is 18.2 Å². The van der Waals surface area contributed by atoms with Gasteiger partial charge >= 0.3 is 0 Å². The monoisotopic (exact) mass is 277 g/mol. The first-order chi connectivity index (χ1) is 9.08. The Bertz CT molecular complexity index is 388. The van der Waals surface area contributed by atoms with E-state index in [1.54, 1.807) is 13.1 Å². The molecular formula is C13H18F3NO2. The Kier molecular flexibility index (Phi) is 6.66. The van der Waals surface area contributed by atoms with E-state index in [9.17, 15) is 13.2 Å². The summed E-state index contributed by atoms with van der Waals surface area (Å²) in [5, 5.41) is 3.00. The highest BCUT2D eigenvalue weighted by molar-refractivity contribution is 5.31. The van der Waals surface area contributed by atoms with Gasteiger partial charge in [-0.25, -0.2) is 13.2 Å². The Morgan fingerprint density at radius 1 is 1.32 bits per heavy atom. The van der Waals surface area contributed by atoms with Crippen molar-refractivity contribution in [3.05, 3.63) is 29.6 Å². The van der Waals surface area contributed by atoms with E-state index in [0.717, 1.165) is 5.56 Å². The van der Waals surface area contributed by atoms with Crippen molar-refractivity contribution in [1.82, 2.24) is 5.32 Å². The van der Waals surface area contributed by atoms with Crippen LogP contribution in [0.2, 0.25) is 0 Å². The third-order valence-electron chi connectivity index (χ3n) is 2.72. The Morgan fingerprint density at radius 2 is 2.05 bits per heavy atom. The number of hydrogen-bond donors (Lipinski definition) is 1. The third kappa shape index (κ3) is 5.08. The number of methoxy groups -OCH3 is 1. The SMILES string of the molecule is CNC(CCOCC(F)F)c1ccc(OC)c(F)c1. The first-order valence-electron chi connectivity index (χ1n) is 5.95. The van der Waals surface area contributed by atoms with E-state index in [4.69, 9.17) is 9.47 Å². The molecule has 0 heterocycles. The maximum atomic E-state index is 13.6. The van der Waals surface area contributed by atoms with Gasteiger partial charge in [-0.3, -0.25) is 0 Å². The molecular weight excluding hydrogens is 259 g/mol. The fourth-order valence-corrected chi connectivity index (χ4v) is 1.75. The van der Waals surface area contributed by atoms with Gasteiger partial charge in [0.2, 0.25) is 0 Å². The molecule has 0 aromatic heterocycles. The fourth-order valence-electron chi connectivity index (χ4n) is 1.75. The van der Waals surface area contributed by atoms with Gasteiger partial charge in [0.25, 0.3) is 6.43 Å². The number of halogens is 3. The molecule has 0 fully saturated rings. The molecule has 0 aliphatic rings. The number of ether oxygens (including phenoxy) is 2. The maximum Gasteiger partial charge on any atom is 0.261 e. The number of rotatable bonds is 8. The molecule has 0 saturated heterocycles. The predicted octanol–water partition coefficient (Wildman–Crippen LogP) is 2.77. The first-order valence-corrected chi connectivity index (χ1v) is 5.95. The maximum absolute atomic E-state index is 13.6. The van der Waals surface area contributed by atoms with E-state index >= 15 is 0 Å². The minimum Gasteiger partial charge on any atom is -0.494 e. The largest absolute Gasteiger partial charge is 0.494 e. The van der Waals surface area contributed by atoms with Crippen LogP contribution in [-0.2, 0) is 4.74 Å². The summed E-state index contributed by atoms with van der Waals surface area (Å²) in [6, 6.07) is 4.48. The second kappa shape index (κ2) is 8.01. The first kappa shape index (κ1) is 15.8. The van der Waals surface area contributed by atoms with E-state index in [2.05, 4.69) is 5.32 Å². The van der Waals surface area contributed by atoms with Crippen molar-refractivity contribution in [2.24, 2.45) is 0 Å². The highest BCUT2D eigenvalue weighted by atomic mass is 19.3. The van der Waals surface area contributed by atoms with Crippen LogP contribution < -0.4 is 10.1 Å². The topological polar surface area (TPSA) is 30.5 Å². The molecule has 0 radical (unpaired) electrons. The summed E-state index contributed by atoms with van der Waals surface area (Å²) in [6.07, 6.45) is -1.99. The summed E-state index contributed by atoms with van der Waals surface area (Å²) in [7, 11) is 3.12. The number of hydrogen-bond acceptors (Lipinski definition) is 3. The van der Waals surface area contributed by atoms with Crippen LogP contribution in [0.3, 0.4) is 0 Å². The van der Waals surface area contributed by atoms with Crippen molar-refractivity contribution in [3.63, 3.8) is 0 Å². The molecule has 1 rings (SSSR count). The second-order valence-electron chi connectivity index (χ2n) is 3.99. The highest BCUT2D eigenvalue weighted by Gasteiger charge is 2.12. The number of benzene rings is 1. The minimum absolute atomic E-state index is 0.155. The van der Waals surface area contributed by atoms with Crippen LogP contribution in [0.25, 0.3) is 0 Å².